The van der Waals surface area contributed by atoms with Crippen molar-refractivity contribution >= 4 is 34.3 Å². The van der Waals surface area contributed by atoms with E-state index in [1.165, 1.54) is 6.42 Å². The first-order chi connectivity index (χ1) is 13.7. The van der Waals surface area contributed by atoms with Crippen molar-refractivity contribution in [3.05, 3.63) is 36.2 Å². The van der Waals surface area contributed by atoms with Crippen LogP contribution in [0.2, 0.25) is 0 Å². The Morgan fingerprint density at radius 1 is 1.18 bits per heavy atom. The van der Waals surface area contributed by atoms with E-state index >= 15 is 0 Å². The van der Waals surface area contributed by atoms with Gasteiger partial charge in [0.05, 0.1) is 11.2 Å². The van der Waals surface area contributed by atoms with Gasteiger partial charge in [0.15, 0.2) is 11.5 Å². The van der Waals surface area contributed by atoms with E-state index in [0.717, 1.165) is 35.9 Å². The zero-order valence-corrected chi connectivity index (χ0v) is 15.7. The number of fused-ring (bicyclic) bond motifs is 1. The highest BCUT2D eigenvalue weighted by Gasteiger charge is 2.25. The average molecular weight is 380 g/mol. The van der Waals surface area contributed by atoms with Crippen molar-refractivity contribution in [1.82, 2.24) is 25.5 Å². The topological polar surface area (TPSA) is 134 Å². The standard InChI is InChI=1S/C19H24N8O/c1-21-12-6-2-3-7-13(12)24-19-25-18(16(17(20)28)26-27-19)23-14-8-4-5-11-9-10-22-15(11)14/h4-5,8-10,12-13,21-22H,2-3,6-7H2,1H3,(H2,20,28)(H2,23,24,25,27)/t12-,13+/m0/s1. The Labute approximate surface area is 162 Å². The first kappa shape index (κ1) is 18.2. The molecule has 4 rings (SSSR count). The van der Waals surface area contributed by atoms with Crippen LogP contribution in [0.3, 0.4) is 0 Å². The highest BCUT2D eigenvalue weighted by atomic mass is 16.1. The van der Waals surface area contributed by atoms with E-state index in [0.29, 0.717) is 12.0 Å². The number of rotatable bonds is 6. The van der Waals surface area contributed by atoms with Crippen LogP contribution in [0.4, 0.5) is 17.5 Å². The summed E-state index contributed by atoms with van der Waals surface area (Å²) in [5, 5.41) is 19.0. The second-order valence-corrected chi connectivity index (χ2v) is 7.00. The maximum absolute atomic E-state index is 11.8. The van der Waals surface area contributed by atoms with Crippen molar-refractivity contribution in [3.63, 3.8) is 0 Å². The van der Waals surface area contributed by atoms with E-state index in [2.05, 4.69) is 36.1 Å². The molecule has 1 amide bonds. The van der Waals surface area contributed by atoms with Crippen molar-refractivity contribution in [2.45, 2.75) is 37.8 Å². The number of likely N-dealkylation sites (N-methyl/N-ethyl adjacent to an activating group) is 1. The first-order valence-electron chi connectivity index (χ1n) is 9.47. The fourth-order valence-electron chi connectivity index (χ4n) is 3.77. The third-order valence-electron chi connectivity index (χ3n) is 5.21. The Morgan fingerprint density at radius 3 is 2.79 bits per heavy atom. The molecule has 1 saturated carbocycles. The molecule has 0 saturated heterocycles. The maximum Gasteiger partial charge on any atom is 0.273 e. The van der Waals surface area contributed by atoms with E-state index in [4.69, 9.17) is 5.73 Å². The van der Waals surface area contributed by atoms with Crippen molar-refractivity contribution in [2.75, 3.05) is 17.7 Å². The van der Waals surface area contributed by atoms with Crippen molar-refractivity contribution < 1.29 is 4.79 Å². The third kappa shape index (κ3) is 3.61. The van der Waals surface area contributed by atoms with Crippen LogP contribution in [0.5, 0.6) is 0 Å². The van der Waals surface area contributed by atoms with Crippen LogP contribution in [0.25, 0.3) is 10.9 Å². The van der Waals surface area contributed by atoms with Crippen LogP contribution >= 0.6 is 0 Å². The number of nitrogens with one attached hydrogen (secondary N) is 4. The van der Waals surface area contributed by atoms with E-state index in [9.17, 15) is 4.79 Å². The van der Waals surface area contributed by atoms with Crippen LogP contribution in [0, 0.1) is 0 Å². The normalized spacial score (nSPS) is 19.5. The molecular formula is C19H24N8O. The van der Waals surface area contributed by atoms with Gasteiger partial charge in [-0.15, -0.1) is 10.2 Å². The van der Waals surface area contributed by atoms with Gasteiger partial charge in [0.25, 0.3) is 5.91 Å². The Hall–Kier alpha value is -3.20. The lowest BCUT2D eigenvalue weighted by Gasteiger charge is -2.31. The zero-order valence-electron chi connectivity index (χ0n) is 15.7. The summed E-state index contributed by atoms with van der Waals surface area (Å²) < 4.78 is 0. The van der Waals surface area contributed by atoms with Crippen LogP contribution in [-0.2, 0) is 0 Å². The molecular weight excluding hydrogens is 356 g/mol. The van der Waals surface area contributed by atoms with Crippen LogP contribution in [-0.4, -0.2) is 45.2 Å². The lowest BCUT2D eigenvalue weighted by atomic mass is 9.90. The number of para-hydroxylation sites is 1. The monoisotopic (exact) mass is 380 g/mol. The Bertz CT molecular complexity index is 985. The highest BCUT2D eigenvalue weighted by Crippen LogP contribution is 2.26. The summed E-state index contributed by atoms with van der Waals surface area (Å²) in [5.41, 5.74) is 7.17. The van der Waals surface area contributed by atoms with Gasteiger partial charge in [-0.1, -0.05) is 25.0 Å². The lowest BCUT2D eigenvalue weighted by Crippen LogP contribution is -2.45. The Balaban J connectivity index is 1.64. The number of hydrogen-bond donors (Lipinski definition) is 5. The quantitative estimate of drug-likeness (QED) is 0.442. The predicted molar refractivity (Wildman–Crippen MR) is 109 cm³/mol. The van der Waals surface area contributed by atoms with Gasteiger partial charge >= 0.3 is 0 Å². The molecule has 146 valence electrons. The molecule has 2 aromatic heterocycles. The molecule has 6 N–H and O–H groups in total. The molecule has 1 aliphatic rings. The van der Waals surface area contributed by atoms with Crippen LogP contribution < -0.4 is 21.7 Å². The predicted octanol–water partition coefficient (Wildman–Crippen LogP) is 2.14. The molecule has 9 heteroatoms. The molecule has 0 radical (unpaired) electrons. The number of aromatic nitrogens is 4. The van der Waals surface area contributed by atoms with Gasteiger partial charge in [0.1, 0.15) is 0 Å². The number of benzene rings is 1. The molecule has 9 nitrogen and oxygen atoms in total. The fourth-order valence-corrected chi connectivity index (χ4v) is 3.77. The number of H-pyrrole nitrogens is 1. The number of carbonyl (C=O) groups excluding carboxylic acids is 1. The summed E-state index contributed by atoms with van der Waals surface area (Å²) in [6, 6.07) is 8.35. The summed E-state index contributed by atoms with van der Waals surface area (Å²) in [6.45, 7) is 0. The minimum Gasteiger partial charge on any atom is -0.364 e. The van der Waals surface area contributed by atoms with Gasteiger partial charge in [0.2, 0.25) is 5.95 Å². The van der Waals surface area contributed by atoms with E-state index in [1.54, 1.807) is 0 Å². The van der Waals surface area contributed by atoms with Crippen molar-refractivity contribution in [2.24, 2.45) is 5.73 Å². The number of primary amides is 1. The molecule has 0 unspecified atom stereocenters. The van der Waals surface area contributed by atoms with Gasteiger partial charge in [-0.2, -0.15) is 4.98 Å². The summed E-state index contributed by atoms with van der Waals surface area (Å²) >= 11 is 0. The molecule has 3 aromatic rings. The third-order valence-corrected chi connectivity index (χ3v) is 5.21. The summed E-state index contributed by atoms with van der Waals surface area (Å²) in [6.07, 6.45) is 6.34. The molecule has 0 spiro atoms. The van der Waals surface area contributed by atoms with Crippen LogP contribution in [0.15, 0.2) is 30.5 Å². The number of nitrogens with zero attached hydrogens (tertiary/aromatic N) is 3. The molecule has 1 fully saturated rings. The largest absolute Gasteiger partial charge is 0.364 e. The molecule has 1 aliphatic carbocycles. The first-order valence-corrected chi connectivity index (χ1v) is 9.47. The van der Waals surface area contributed by atoms with Crippen molar-refractivity contribution in [3.8, 4) is 0 Å². The zero-order chi connectivity index (χ0) is 19.5. The van der Waals surface area contributed by atoms with Gasteiger partial charge < -0.3 is 26.7 Å². The SMILES string of the molecule is CN[C@H]1CCCC[C@H]1Nc1nnc(C(N)=O)c(Nc2cccc3cc[nH]c23)n1. The fraction of sp³-hybridized carbons (Fsp3) is 0.368. The number of anilines is 3. The Morgan fingerprint density at radius 2 is 2.00 bits per heavy atom. The summed E-state index contributed by atoms with van der Waals surface area (Å²) in [5.74, 6) is -0.0271. The minimum atomic E-state index is -0.682. The smallest absolute Gasteiger partial charge is 0.273 e. The molecule has 1 aromatic carbocycles. The number of hydrogen-bond acceptors (Lipinski definition) is 7. The highest BCUT2D eigenvalue weighted by molar-refractivity contribution is 5.98. The number of nitrogens with two attached hydrogens (primary N) is 1. The van der Waals surface area contributed by atoms with Gasteiger partial charge in [-0.25, -0.2) is 0 Å². The summed E-state index contributed by atoms with van der Waals surface area (Å²) in [7, 11) is 1.96. The van der Waals surface area contributed by atoms with E-state index in [1.807, 2.05) is 37.5 Å². The molecule has 0 aliphatic heterocycles. The Kier molecular flexibility index (Phi) is 5.07. The van der Waals surface area contributed by atoms with Crippen molar-refractivity contribution in [1.29, 1.82) is 0 Å². The molecule has 28 heavy (non-hydrogen) atoms. The summed E-state index contributed by atoms with van der Waals surface area (Å²) in [4.78, 5) is 19.5. The maximum atomic E-state index is 11.8. The average Bonchev–Trinajstić information content (AvgIpc) is 3.18. The molecule has 0 bridgehead atoms. The minimum absolute atomic E-state index is 0.00270. The van der Waals surface area contributed by atoms with Gasteiger partial charge in [-0.05, 0) is 32.0 Å². The van der Waals surface area contributed by atoms with E-state index in [-0.39, 0.29) is 17.6 Å². The van der Waals surface area contributed by atoms with Gasteiger partial charge in [-0.3, -0.25) is 4.79 Å². The second-order valence-electron chi connectivity index (χ2n) is 7.00. The number of carbonyl (C=O) groups is 1. The molecule has 2 atom stereocenters. The van der Waals surface area contributed by atoms with E-state index < -0.39 is 5.91 Å². The lowest BCUT2D eigenvalue weighted by molar-refractivity contribution is 0.0995. The number of amides is 1. The molecule has 2 heterocycles. The van der Waals surface area contributed by atoms with Gasteiger partial charge in [0, 0.05) is 23.7 Å². The second kappa shape index (κ2) is 7.81. The van der Waals surface area contributed by atoms with Crippen LogP contribution in [0.1, 0.15) is 36.2 Å². The number of aromatic amines is 1.